The van der Waals surface area contributed by atoms with Gasteiger partial charge in [-0.15, -0.1) is 0 Å². The summed E-state index contributed by atoms with van der Waals surface area (Å²) in [5.74, 6) is -0.538. The van der Waals surface area contributed by atoms with Crippen LogP contribution in [0.4, 0.5) is 11.4 Å². The summed E-state index contributed by atoms with van der Waals surface area (Å²) in [4.78, 5) is 39.4. The van der Waals surface area contributed by atoms with Crippen LogP contribution >= 0.6 is 11.6 Å². The normalized spacial score (nSPS) is 14.1. The first-order valence-electron chi connectivity index (χ1n) is 14.2. The van der Waals surface area contributed by atoms with Crippen molar-refractivity contribution in [1.82, 2.24) is 10.2 Å². The fraction of sp³-hybridized carbons (Fsp3) is 0.355. The number of methoxy groups -OCH3 is 1. The Balaban J connectivity index is 1.73. The maximum absolute atomic E-state index is 14.1. The Hall–Kier alpha value is -4.16. The number of benzene rings is 3. The van der Waals surface area contributed by atoms with Crippen molar-refractivity contribution in [1.29, 1.82) is 0 Å². The van der Waals surface area contributed by atoms with Crippen molar-refractivity contribution in [2.45, 2.75) is 63.1 Å². The van der Waals surface area contributed by atoms with Crippen molar-refractivity contribution < 1.29 is 27.7 Å². The van der Waals surface area contributed by atoms with Crippen LogP contribution in [-0.4, -0.2) is 55.8 Å². The number of aryl methyl sites for hydroxylation is 1. The van der Waals surface area contributed by atoms with Crippen molar-refractivity contribution in [3.8, 4) is 5.75 Å². The van der Waals surface area contributed by atoms with E-state index in [0.717, 1.165) is 36.1 Å². The first-order valence-corrected chi connectivity index (χ1v) is 16.0. The zero-order valence-electron chi connectivity index (χ0n) is 24.7. The number of anilines is 1. The molecule has 0 aromatic heterocycles. The van der Waals surface area contributed by atoms with Crippen LogP contribution in [0, 0.1) is 17.0 Å². The molecule has 3 aromatic rings. The Morgan fingerprint density at radius 1 is 1.09 bits per heavy atom. The second kappa shape index (κ2) is 14.1. The van der Waals surface area contributed by atoms with Gasteiger partial charge in [0.2, 0.25) is 11.8 Å². The molecule has 0 saturated heterocycles. The second-order valence-corrected chi connectivity index (χ2v) is 13.0. The summed E-state index contributed by atoms with van der Waals surface area (Å²) < 4.78 is 34.2. The summed E-state index contributed by atoms with van der Waals surface area (Å²) in [6.07, 6.45) is 3.73. The van der Waals surface area contributed by atoms with E-state index in [2.05, 4.69) is 5.32 Å². The Morgan fingerprint density at radius 2 is 1.77 bits per heavy atom. The monoisotopic (exact) mass is 642 g/mol. The molecule has 1 N–H and O–H groups in total. The number of halogens is 1. The number of nitrogens with one attached hydrogen (secondary N) is 1. The van der Waals surface area contributed by atoms with E-state index in [1.54, 1.807) is 43.3 Å². The highest BCUT2D eigenvalue weighted by molar-refractivity contribution is 7.92. The molecule has 4 rings (SSSR count). The maximum atomic E-state index is 14.1. The number of nitrogens with zero attached hydrogens (tertiary/aromatic N) is 3. The van der Waals surface area contributed by atoms with Gasteiger partial charge in [0.1, 0.15) is 18.3 Å². The minimum absolute atomic E-state index is 0.00878. The number of carbonyl (C=O) groups is 2. The number of nitro benzene ring substituents is 1. The molecule has 1 aliphatic carbocycles. The fourth-order valence-corrected chi connectivity index (χ4v) is 6.80. The molecule has 0 aliphatic heterocycles. The van der Waals surface area contributed by atoms with Gasteiger partial charge in [0.05, 0.1) is 22.6 Å². The number of hydrogen-bond acceptors (Lipinski definition) is 7. The van der Waals surface area contributed by atoms with Gasteiger partial charge in [-0.3, -0.25) is 24.0 Å². The van der Waals surface area contributed by atoms with Crippen LogP contribution in [0.3, 0.4) is 0 Å². The lowest BCUT2D eigenvalue weighted by atomic mass is 10.1. The van der Waals surface area contributed by atoms with Crippen LogP contribution < -0.4 is 14.4 Å². The third-order valence-electron chi connectivity index (χ3n) is 7.72. The van der Waals surface area contributed by atoms with Gasteiger partial charge in [0.15, 0.2) is 0 Å². The number of nitro groups is 1. The maximum Gasteiger partial charge on any atom is 0.273 e. The van der Waals surface area contributed by atoms with E-state index < -0.39 is 33.4 Å². The third kappa shape index (κ3) is 7.67. The van der Waals surface area contributed by atoms with Crippen LogP contribution in [0.25, 0.3) is 0 Å². The lowest BCUT2D eigenvalue weighted by Crippen LogP contribution is -2.52. The summed E-state index contributed by atoms with van der Waals surface area (Å²) in [6.45, 7) is 2.41. The van der Waals surface area contributed by atoms with Gasteiger partial charge in [0.25, 0.3) is 15.7 Å². The molecule has 234 valence electrons. The number of hydrogen-bond donors (Lipinski definition) is 1. The second-order valence-electron chi connectivity index (χ2n) is 10.7. The minimum atomic E-state index is -4.50. The van der Waals surface area contributed by atoms with Crippen LogP contribution in [-0.2, 0) is 26.2 Å². The summed E-state index contributed by atoms with van der Waals surface area (Å²) in [5.41, 5.74) is 0.704. The molecule has 1 unspecified atom stereocenters. The van der Waals surface area contributed by atoms with Crippen LogP contribution in [0.15, 0.2) is 71.6 Å². The van der Waals surface area contributed by atoms with Crippen LogP contribution in [0.5, 0.6) is 5.75 Å². The Bertz CT molecular complexity index is 1630. The predicted molar refractivity (Wildman–Crippen MR) is 167 cm³/mol. The van der Waals surface area contributed by atoms with Crippen molar-refractivity contribution in [2.75, 3.05) is 18.0 Å². The molecule has 44 heavy (non-hydrogen) atoms. The average molecular weight is 643 g/mol. The van der Waals surface area contributed by atoms with E-state index in [0.29, 0.717) is 16.3 Å². The van der Waals surface area contributed by atoms with E-state index in [4.69, 9.17) is 16.3 Å². The highest BCUT2D eigenvalue weighted by atomic mass is 35.5. The molecule has 1 atom stereocenters. The van der Waals surface area contributed by atoms with Gasteiger partial charge in [-0.2, -0.15) is 0 Å². The molecular weight excluding hydrogens is 608 g/mol. The summed E-state index contributed by atoms with van der Waals surface area (Å²) in [6, 6.07) is 15.5. The Kier molecular flexibility index (Phi) is 10.5. The summed E-state index contributed by atoms with van der Waals surface area (Å²) in [5, 5.41) is 15.1. The van der Waals surface area contributed by atoms with Crippen molar-refractivity contribution >= 4 is 44.8 Å². The van der Waals surface area contributed by atoms with Crippen LogP contribution in [0.2, 0.25) is 5.02 Å². The smallest absolute Gasteiger partial charge is 0.273 e. The Morgan fingerprint density at radius 3 is 2.39 bits per heavy atom. The molecule has 11 nitrogen and oxygen atoms in total. The molecule has 0 bridgehead atoms. The number of rotatable bonds is 12. The van der Waals surface area contributed by atoms with Gasteiger partial charge in [-0.05, 0) is 74.7 Å². The third-order valence-corrected chi connectivity index (χ3v) is 9.72. The standard InChI is InChI=1S/C31H35ClN4O7S/c1-21-11-16-28(18-29(21)36(39)40)44(41,42)35(26-12-14-27(43-3)15-13-26)20-30(37)34(19-23-7-6-8-24(32)17-23)22(2)31(38)33-25-9-4-5-10-25/h6-8,11-18,22,25H,4-5,9-10,19-20H2,1-3H3,(H,33,38). The summed E-state index contributed by atoms with van der Waals surface area (Å²) >= 11 is 6.20. The van der Waals surface area contributed by atoms with Crippen molar-refractivity contribution in [3.05, 3.63) is 93.0 Å². The molecule has 1 fully saturated rings. The van der Waals surface area contributed by atoms with Gasteiger partial charge in [-0.1, -0.05) is 42.6 Å². The zero-order chi connectivity index (χ0) is 32.0. The SMILES string of the molecule is COc1ccc(N(CC(=O)N(Cc2cccc(Cl)c2)C(C)C(=O)NC2CCCC2)S(=O)(=O)c2ccc(C)c([N+](=O)[O-])c2)cc1. The molecular formula is C31H35ClN4O7S. The van der Waals surface area contributed by atoms with Crippen molar-refractivity contribution in [2.24, 2.45) is 0 Å². The highest BCUT2D eigenvalue weighted by Gasteiger charge is 2.34. The number of sulfonamides is 1. The fourth-order valence-electron chi connectivity index (χ4n) is 5.16. The van der Waals surface area contributed by atoms with E-state index >= 15 is 0 Å². The number of amides is 2. The number of ether oxygens (including phenoxy) is 1. The van der Waals surface area contributed by atoms with Gasteiger partial charge >= 0.3 is 0 Å². The quantitative estimate of drug-likeness (QED) is 0.211. The largest absolute Gasteiger partial charge is 0.497 e. The molecule has 3 aromatic carbocycles. The molecule has 0 radical (unpaired) electrons. The highest BCUT2D eigenvalue weighted by Crippen LogP contribution is 2.30. The number of carbonyl (C=O) groups excluding carboxylic acids is 2. The van der Waals surface area contributed by atoms with Gasteiger partial charge in [0, 0.05) is 29.2 Å². The van der Waals surface area contributed by atoms with E-state index in [-0.39, 0.29) is 40.3 Å². The van der Waals surface area contributed by atoms with E-state index in [1.807, 2.05) is 0 Å². The first-order chi connectivity index (χ1) is 20.9. The lowest BCUT2D eigenvalue weighted by Gasteiger charge is -2.32. The first kappa shape index (κ1) is 32.7. The van der Waals surface area contributed by atoms with E-state index in [1.165, 1.54) is 43.2 Å². The predicted octanol–water partition coefficient (Wildman–Crippen LogP) is 5.24. The molecule has 13 heteroatoms. The molecule has 0 heterocycles. The average Bonchev–Trinajstić information content (AvgIpc) is 3.51. The minimum Gasteiger partial charge on any atom is -0.497 e. The van der Waals surface area contributed by atoms with Gasteiger partial charge in [-0.25, -0.2) is 8.42 Å². The molecule has 1 aliphatic rings. The van der Waals surface area contributed by atoms with Gasteiger partial charge < -0.3 is 15.0 Å². The van der Waals surface area contributed by atoms with Crippen LogP contribution in [0.1, 0.15) is 43.7 Å². The molecule has 0 spiro atoms. The zero-order valence-corrected chi connectivity index (χ0v) is 26.3. The summed E-state index contributed by atoms with van der Waals surface area (Å²) in [7, 11) is -3.04. The molecule has 2 amide bonds. The molecule has 1 saturated carbocycles. The van der Waals surface area contributed by atoms with Crippen molar-refractivity contribution in [3.63, 3.8) is 0 Å². The topological polar surface area (TPSA) is 139 Å². The lowest BCUT2D eigenvalue weighted by molar-refractivity contribution is -0.385. The Labute approximate surface area is 262 Å². The van der Waals surface area contributed by atoms with E-state index in [9.17, 15) is 28.1 Å².